The Morgan fingerprint density at radius 2 is 2.10 bits per heavy atom. The van der Waals surface area contributed by atoms with Crippen LogP contribution in [0.3, 0.4) is 0 Å². The van der Waals surface area contributed by atoms with Crippen molar-refractivity contribution in [2.45, 2.75) is 49.0 Å². The highest BCUT2D eigenvalue weighted by molar-refractivity contribution is 7.91. The lowest BCUT2D eigenvalue weighted by molar-refractivity contribution is 0.0321. The molecule has 0 spiro atoms. The Kier molecular flexibility index (Phi) is 5.98. The maximum Gasteiger partial charge on any atom is 0.250 e. The van der Waals surface area contributed by atoms with Crippen molar-refractivity contribution in [3.05, 3.63) is 17.0 Å². The van der Waals surface area contributed by atoms with Gasteiger partial charge in [0.25, 0.3) is 0 Å². The molecule has 1 heterocycles. The van der Waals surface area contributed by atoms with Crippen LogP contribution in [0.2, 0.25) is 0 Å². The minimum atomic E-state index is -3.48. The van der Waals surface area contributed by atoms with Crippen molar-refractivity contribution < 1.29 is 18.3 Å². The molecule has 0 saturated heterocycles. The van der Waals surface area contributed by atoms with E-state index in [1.54, 1.807) is 5.38 Å². The van der Waals surface area contributed by atoms with Gasteiger partial charge in [0.05, 0.1) is 19.3 Å². The number of ether oxygens (including phenoxy) is 1. The second-order valence-electron chi connectivity index (χ2n) is 4.96. The molecule has 1 aliphatic carbocycles. The van der Waals surface area contributed by atoms with E-state index in [2.05, 4.69) is 4.72 Å². The van der Waals surface area contributed by atoms with Gasteiger partial charge in [-0.05, 0) is 29.9 Å². The summed E-state index contributed by atoms with van der Waals surface area (Å²) in [5.41, 5.74) is 0.619. The number of aliphatic hydroxyl groups excluding tert-OH is 1. The van der Waals surface area contributed by atoms with E-state index in [0.29, 0.717) is 12.2 Å². The summed E-state index contributed by atoms with van der Waals surface area (Å²) in [6.45, 7) is 0.546. The number of thiophene rings is 1. The van der Waals surface area contributed by atoms with Crippen molar-refractivity contribution in [1.82, 2.24) is 4.72 Å². The molecule has 1 aliphatic rings. The van der Waals surface area contributed by atoms with Crippen LogP contribution >= 0.6 is 11.3 Å². The third kappa shape index (κ3) is 4.53. The summed E-state index contributed by atoms with van der Waals surface area (Å²) in [7, 11) is -3.48. The zero-order valence-corrected chi connectivity index (χ0v) is 13.0. The molecule has 0 unspecified atom stereocenters. The summed E-state index contributed by atoms with van der Waals surface area (Å²) in [4.78, 5) is 0. The van der Waals surface area contributed by atoms with Gasteiger partial charge in [0, 0.05) is 6.54 Å². The SMILES string of the molecule is O=S(=O)(NCCOC1CCCCC1)c1cc(CO)cs1. The largest absolute Gasteiger partial charge is 0.392 e. The van der Waals surface area contributed by atoms with Crippen molar-refractivity contribution in [3.8, 4) is 0 Å². The Bertz CT molecular complexity index is 506. The Morgan fingerprint density at radius 3 is 2.75 bits per heavy atom. The first-order valence-corrected chi connectivity index (χ1v) is 9.27. The number of nitrogens with one attached hydrogen (secondary N) is 1. The molecule has 1 fully saturated rings. The van der Waals surface area contributed by atoms with E-state index in [1.165, 1.54) is 25.3 Å². The lowest BCUT2D eigenvalue weighted by atomic mass is 9.98. The lowest BCUT2D eigenvalue weighted by Gasteiger charge is -2.21. The first-order valence-electron chi connectivity index (χ1n) is 6.91. The van der Waals surface area contributed by atoms with Gasteiger partial charge in [-0.15, -0.1) is 11.3 Å². The molecule has 0 amide bonds. The summed E-state index contributed by atoms with van der Waals surface area (Å²) in [6, 6.07) is 1.50. The average molecular weight is 319 g/mol. The van der Waals surface area contributed by atoms with Crippen LogP contribution in [0, 0.1) is 0 Å². The molecule has 2 rings (SSSR count). The Hall–Kier alpha value is -0.470. The van der Waals surface area contributed by atoms with Crippen molar-refractivity contribution in [2.24, 2.45) is 0 Å². The van der Waals surface area contributed by atoms with Crippen LogP contribution in [-0.2, 0) is 21.4 Å². The van der Waals surface area contributed by atoms with E-state index >= 15 is 0 Å². The molecular weight excluding hydrogens is 298 g/mol. The molecule has 5 nitrogen and oxygen atoms in total. The predicted octanol–water partition coefficient (Wildman–Crippen LogP) is 1.87. The molecule has 2 N–H and O–H groups in total. The maximum absolute atomic E-state index is 12.0. The Labute approximate surface area is 124 Å². The van der Waals surface area contributed by atoms with Crippen LogP contribution in [0.5, 0.6) is 0 Å². The van der Waals surface area contributed by atoms with Gasteiger partial charge >= 0.3 is 0 Å². The summed E-state index contributed by atoms with van der Waals surface area (Å²) < 4.78 is 32.4. The number of aliphatic hydroxyl groups is 1. The molecule has 0 atom stereocenters. The Morgan fingerprint density at radius 1 is 1.35 bits per heavy atom. The zero-order valence-electron chi connectivity index (χ0n) is 11.4. The van der Waals surface area contributed by atoms with Crippen LogP contribution in [0.25, 0.3) is 0 Å². The number of rotatable bonds is 7. The smallest absolute Gasteiger partial charge is 0.250 e. The number of hydrogen-bond donors (Lipinski definition) is 2. The van der Waals surface area contributed by atoms with Gasteiger partial charge in [0.1, 0.15) is 4.21 Å². The van der Waals surface area contributed by atoms with Crippen molar-refractivity contribution in [2.75, 3.05) is 13.2 Å². The topological polar surface area (TPSA) is 75.6 Å². The van der Waals surface area contributed by atoms with E-state index in [1.807, 2.05) is 0 Å². The quantitative estimate of drug-likeness (QED) is 0.752. The monoisotopic (exact) mass is 319 g/mol. The van der Waals surface area contributed by atoms with E-state index in [-0.39, 0.29) is 23.5 Å². The molecule has 0 bridgehead atoms. The van der Waals surface area contributed by atoms with Crippen molar-refractivity contribution >= 4 is 21.4 Å². The highest BCUT2D eigenvalue weighted by Crippen LogP contribution is 2.21. The summed E-state index contributed by atoms with van der Waals surface area (Å²) in [5.74, 6) is 0. The highest BCUT2D eigenvalue weighted by Gasteiger charge is 2.17. The first-order chi connectivity index (χ1) is 9.62. The normalized spacial score (nSPS) is 17.4. The standard InChI is InChI=1S/C13H21NO4S2/c15-9-11-8-13(19-10-11)20(16,17)14-6-7-18-12-4-2-1-3-5-12/h8,10,12,14-15H,1-7,9H2. The van der Waals surface area contributed by atoms with Crippen LogP contribution in [0.4, 0.5) is 0 Å². The summed E-state index contributed by atoms with van der Waals surface area (Å²) >= 11 is 1.12. The maximum atomic E-state index is 12.0. The molecule has 114 valence electrons. The second-order valence-corrected chi connectivity index (χ2v) is 7.87. The third-order valence-corrected chi connectivity index (χ3v) is 6.33. The van der Waals surface area contributed by atoms with Crippen LogP contribution < -0.4 is 4.72 Å². The predicted molar refractivity (Wildman–Crippen MR) is 78.3 cm³/mol. The van der Waals surface area contributed by atoms with E-state index in [9.17, 15) is 8.42 Å². The molecule has 1 aromatic heterocycles. The number of sulfonamides is 1. The van der Waals surface area contributed by atoms with Crippen LogP contribution in [0.1, 0.15) is 37.7 Å². The average Bonchev–Trinajstić information content (AvgIpc) is 2.95. The lowest BCUT2D eigenvalue weighted by Crippen LogP contribution is -2.29. The fourth-order valence-corrected chi connectivity index (χ4v) is 4.54. The molecule has 1 saturated carbocycles. The van der Waals surface area contributed by atoms with Gasteiger partial charge in [0.2, 0.25) is 10.0 Å². The van der Waals surface area contributed by atoms with Gasteiger partial charge in [-0.2, -0.15) is 0 Å². The third-order valence-electron chi connectivity index (χ3n) is 3.38. The molecular formula is C13H21NO4S2. The van der Waals surface area contributed by atoms with Gasteiger partial charge in [-0.3, -0.25) is 0 Å². The molecule has 1 aromatic rings. The highest BCUT2D eigenvalue weighted by atomic mass is 32.2. The molecule has 20 heavy (non-hydrogen) atoms. The van der Waals surface area contributed by atoms with Crippen molar-refractivity contribution in [3.63, 3.8) is 0 Å². The number of hydrogen-bond acceptors (Lipinski definition) is 5. The Balaban J connectivity index is 1.74. The molecule has 0 aliphatic heterocycles. The van der Waals surface area contributed by atoms with E-state index < -0.39 is 10.0 Å². The summed E-state index contributed by atoms with van der Waals surface area (Å²) in [6.07, 6.45) is 6.13. The fraction of sp³-hybridized carbons (Fsp3) is 0.692. The van der Waals surface area contributed by atoms with Gasteiger partial charge in [-0.25, -0.2) is 13.1 Å². The fourth-order valence-electron chi connectivity index (χ4n) is 2.28. The minimum Gasteiger partial charge on any atom is -0.392 e. The zero-order chi connectivity index (χ0) is 14.4. The molecule has 7 heteroatoms. The van der Waals surface area contributed by atoms with E-state index in [0.717, 1.165) is 24.2 Å². The van der Waals surface area contributed by atoms with Gasteiger partial charge < -0.3 is 9.84 Å². The van der Waals surface area contributed by atoms with Crippen LogP contribution in [0.15, 0.2) is 15.7 Å². The van der Waals surface area contributed by atoms with Gasteiger partial charge in [0.15, 0.2) is 0 Å². The van der Waals surface area contributed by atoms with Crippen LogP contribution in [-0.4, -0.2) is 32.8 Å². The summed E-state index contributed by atoms with van der Waals surface area (Å²) in [5, 5.41) is 10.6. The molecule has 0 aromatic carbocycles. The first kappa shape index (κ1) is 15.9. The second kappa shape index (κ2) is 7.51. The van der Waals surface area contributed by atoms with E-state index in [4.69, 9.17) is 9.84 Å². The minimum absolute atomic E-state index is 0.142. The van der Waals surface area contributed by atoms with Crippen molar-refractivity contribution in [1.29, 1.82) is 0 Å². The molecule has 0 radical (unpaired) electrons. The van der Waals surface area contributed by atoms with Gasteiger partial charge in [-0.1, -0.05) is 19.3 Å².